The Morgan fingerprint density at radius 3 is 1.93 bits per heavy atom. The lowest BCUT2D eigenvalue weighted by molar-refractivity contribution is 0.0145. The summed E-state index contributed by atoms with van der Waals surface area (Å²) in [5.41, 5.74) is 4.71. The van der Waals surface area contributed by atoms with Crippen LogP contribution in [0.25, 0.3) is 0 Å². The van der Waals surface area contributed by atoms with E-state index in [1.165, 1.54) is 0 Å². The van der Waals surface area contributed by atoms with Gasteiger partial charge in [-0.25, -0.2) is 4.79 Å². The molecule has 0 spiro atoms. The molecule has 1 amide bonds. The van der Waals surface area contributed by atoms with Gasteiger partial charge in [-0.1, -0.05) is 26.7 Å². The summed E-state index contributed by atoms with van der Waals surface area (Å²) < 4.78 is 5.18. The topological polar surface area (TPSA) is 52.3 Å². The van der Waals surface area contributed by atoms with Crippen molar-refractivity contribution in [3.05, 3.63) is 0 Å². The Morgan fingerprint density at radius 2 is 1.64 bits per heavy atom. The molecule has 2 N–H and O–H groups in total. The Balaban J connectivity index is 4.09. The highest BCUT2D eigenvalue weighted by Crippen LogP contribution is 2.25. The highest BCUT2D eigenvalue weighted by molar-refractivity contribution is 5.65. The number of carbonyl (C=O) groups excluding carboxylic acids is 1. The second-order valence-corrected chi connectivity index (χ2v) is 4.08. The van der Waals surface area contributed by atoms with Crippen LogP contribution in [-0.2, 0) is 4.74 Å². The lowest BCUT2D eigenvalue weighted by Gasteiger charge is -2.28. The Labute approximate surface area is 87.0 Å². The van der Waals surface area contributed by atoms with Crippen molar-refractivity contribution in [3.8, 4) is 0 Å². The van der Waals surface area contributed by atoms with E-state index in [0.29, 0.717) is 0 Å². The van der Waals surface area contributed by atoms with E-state index in [0.717, 1.165) is 38.5 Å². The zero-order chi connectivity index (χ0) is 11.0. The number of amides is 1. The van der Waals surface area contributed by atoms with Crippen LogP contribution in [0.5, 0.6) is 0 Å². The maximum Gasteiger partial charge on any atom is 0.405 e. The molecule has 0 saturated heterocycles. The molecular formula is C11H23NO2. The molecule has 84 valence electrons. The molecule has 0 radical (unpaired) electrons. The van der Waals surface area contributed by atoms with E-state index in [-0.39, 0.29) is 5.60 Å². The van der Waals surface area contributed by atoms with Crippen LogP contribution >= 0.6 is 0 Å². The molecule has 0 aliphatic heterocycles. The SMILES string of the molecule is CCCCC(C)(CCCC)OC(N)=O. The molecular weight excluding hydrogens is 178 g/mol. The first kappa shape index (κ1) is 13.3. The van der Waals surface area contributed by atoms with Gasteiger partial charge in [-0.05, 0) is 32.6 Å². The normalized spacial score (nSPS) is 11.4. The Kier molecular flexibility index (Phi) is 6.34. The van der Waals surface area contributed by atoms with Gasteiger partial charge in [0.1, 0.15) is 5.60 Å². The fourth-order valence-corrected chi connectivity index (χ4v) is 1.57. The second kappa shape index (κ2) is 6.68. The zero-order valence-electron chi connectivity index (χ0n) is 9.64. The smallest absolute Gasteiger partial charge is 0.405 e. The fourth-order valence-electron chi connectivity index (χ4n) is 1.57. The number of hydrogen-bond donors (Lipinski definition) is 1. The summed E-state index contributed by atoms with van der Waals surface area (Å²) in [6.45, 7) is 6.23. The molecule has 0 fully saturated rings. The summed E-state index contributed by atoms with van der Waals surface area (Å²) in [4.78, 5) is 10.7. The van der Waals surface area contributed by atoms with E-state index in [2.05, 4.69) is 13.8 Å². The van der Waals surface area contributed by atoms with Crippen LogP contribution < -0.4 is 5.73 Å². The molecule has 3 heteroatoms. The maximum absolute atomic E-state index is 10.7. The van der Waals surface area contributed by atoms with Gasteiger partial charge in [0.25, 0.3) is 0 Å². The number of carbonyl (C=O) groups is 1. The largest absolute Gasteiger partial charge is 0.443 e. The molecule has 0 aliphatic carbocycles. The van der Waals surface area contributed by atoms with Crippen LogP contribution in [0.3, 0.4) is 0 Å². The first-order chi connectivity index (χ1) is 6.54. The molecule has 0 rings (SSSR count). The molecule has 0 aliphatic rings. The van der Waals surface area contributed by atoms with Crippen molar-refractivity contribution in [3.63, 3.8) is 0 Å². The van der Waals surface area contributed by atoms with Crippen molar-refractivity contribution < 1.29 is 9.53 Å². The van der Waals surface area contributed by atoms with Gasteiger partial charge in [0, 0.05) is 0 Å². The minimum absolute atomic E-state index is 0.349. The minimum atomic E-state index is -0.653. The molecule has 0 aromatic rings. The van der Waals surface area contributed by atoms with Crippen molar-refractivity contribution in [1.82, 2.24) is 0 Å². The van der Waals surface area contributed by atoms with Gasteiger partial charge in [-0.2, -0.15) is 0 Å². The molecule has 0 aromatic heterocycles. The van der Waals surface area contributed by atoms with Gasteiger partial charge in [0.15, 0.2) is 0 Å². The van der Waals surface area contributed by atoms with Gasteiger partial charge >= 0.3 is 6.09 Å². The van der Waals surface area contributed by atoms with Gasteiger partial charge in [0.2, 0.25) is 0 Å². The molecule has 0 heterocycles. The molecule has 0 unspecified atom stereocenters. The average molecular weight is 201 g/mol. The molecule has 0 aromatic carbocycles. The van der Waals surface area contributed by atoms with Crippen molar-refractivity contribution in [2.24, 2.45) is 5.73 Å². The third kappa shape index (κ3) is 5.84. The molecule has 14 heavy (non-hydrogen) atoms. The number of unbranched alkanes of at least 4 members (excludes halogenated alkanes) is 2. The van der Waals surface area contributed by atoms with Crippen LogP contribution in [0.15, 0.2) is 0 Å². The third-order valence-electron chi connectivity index (χ3n) is 2.47. The number of ether oxygens (including phenoxy) is 1. The summed E-state index contributed by atoms with van der Waals surface area (Å²) in [5, 5.41) is 0. The Hall–Kier alpha value is -0.730. The fraction of sp³-hybridized carbons (Fsp3) is 0.909. The third-order valence-corrected chi connectivity index (χ3v) is 2.47. The number of rotatable bonds is 7. The predicted octanol–water partition coefficient (Wildman–Crippen LogP) is 3.22. The lowest BCUT2D eigenvalue weighted by Crippen LogP contribution is -2.34. The number of hydrogen-bond acceptors (Lipinski definition) is 2. The summed E-state index contributed by atoms with van der Waals surface area (Å²) in [5.74, 6) is 0. The molecule has 3 nitrogen and oxygen atoms in total. The zero-order valence-corrected chi connectivity index (χ0v) is 9.64. The molecule has 0 saturated carbocycles. The van der Waals surface area contributed by atoms with E-state index in [1.807, 2.05) is 6.92 Å². The standard InChI is InChI=1S/C11H23NO2/c1-4-6-8-11(3,9-7-5-2)14-10(12)13/h4-9H2,1-3H3,(H2,12,13). The summed E-state index contributed by atoms with van der Waals surface area (Å²) in [7, 11) is 0. The minimum Gasteiger partial charge on any atom is -0.443 e. The van der Waals surface area contributed by atoms with Crippen molar-refractivity contribution in [2.75, 3.05) is 0 Å². The maximum atomic E-state index is 10.7. The number of primary amides is 1. The summed E-state index contributed by atoms with van der Waals surface area (Å²) >= 11 is 0. The van der Waals surface area contributed by atoms with E-state index in [4.69, 9.17) is 10.5 Å². The van der Waals surface area contributed by atoms with Crippen LogP contribution in [-0.4, -0.2) is 11.7 Å². The van der Waals surface area contributed by atoms with Crippen molar-refractivity contribution in [1.29, 1.82) is 0 Å². The average Bonchev–Trinajstić information content (AvgIpc) is 2.11. The van der Waals surface area contributed by atoms with Crippen molar-refractivity contribution >= 4 is 6.09 Å². The van der Waals surface area contributed by atoms with Crippen LogP contribution in [0.4, 0.5) is 4.79 Å². The van der Waals surface area contributed by atoms with Crippen LogP contribution in [0, 0.1) is 0 Å². The van der Waals surface area contributed by atoms with E-state index in [9.17, 15) is 4.79 Å². The van der Waals surface area contributed by atoms with Crippen LogP contribution in [0.2, 0.25) is 0 Å². The van der Waals surface area contributed by atoms with E-state index < -0.39 is 6.09 Å². The first-order valence-corrected chi connectivity index (χ1v) is 5.52. The number of nitrogens with two attached hydrogens (primary N) is 1. The quantitative estimate of drug-likeness (QED) is 0.687. The Bertz CT molecular complexity index is 161. The first-order valence-electron chi connectivity index (χ1n) is 5.52. The lowest BCUT2D eigenvalue weighted by atomic mass is 9.93. The van der Waals surface area contributed by atoms with E-state index >= 15 is 0 Å². The van der Waals surface area contributed by atoms with E-state index in [1.54, 1.807) is 0 Å². The second-order valence-electron chi connectivity index (χ2n) is 4.08. The molecule has 0 atom stereocenters. The highest BCUT2D eigenvalue weighted by Gasteiger charge is 2.26. The van der Waals surface area contributed by atoms with Crippen LogP contribution in [0.1, 0.15) is 59.3 Å². The summed E-state index contributed by atoms with van der Waals surface area (Å²) in [6.07, 6.45) is 5.55. The van der Waals surface area contributed by atoms with Gasteiger partial charge in [-0.15, -0.1) is 0 Å². The van der Waals surface area contributed by atoms with Gasteiger partial charge in [0.05, 0.1) is 0 Å². The van der Waals surface area contributed by atoms with Gasteiger partial charge < -0.3 is 10.5 Å². The predicted molar refractivity (Wildman–Crippen MR) is 58.1 cm³/mol. The molecule has 0 bridgehead atoms. The van der Waals surface area contributed by atoms with Crippen molar-refractivity contribution in [2.45, 2.75) is 64.9 Å². The Morgan fingerprint density at radius 1 is 1.21 bits per heavy atom. The summed E-state index contributed by atoms with van der Waals surface area (Å²) in [6, 6.07) is 0. The van der Waals surface area contributed by atoms with Gasteiger partial charge in [-0.3, -0.25) is 0 Å². The monoisotopic (exact) mass is 201 g/mol. The highest BCUT2D eigenvalue weighted by atomic mass is 16.6.